The highest BCUT2D eigenvalue weighted by molar-refractivity contribution is 5.62. The van der Waals surface area contributed by atoms with Crippen LogP contribution >= 0.6 is 0 Å². The van der Waals surface area contributed by atoms with Gasteiger partial charge in [0.1, 0.15) is 12.3 Å². The van der Waals surface area contributed by atoms with Gasteiger partial charge in [0.25, 0.3) is 0 Å². The molecule has 1 N–H and O–H groups in total. The van der Waals surface area contributed by atoms with Crippen molar-refractivity contribution in [3.8, 4) is 23.1 Å². The van der Waals surface area contributed by atoms with E-state index in [-0.39, 0.29) is 12.7 Å². The summed E-state index contributed by atoms with van der Waals surface area (Å²) in [4.78, 5) is 0. The standard InChI is InChI=1S/C18H21N3O2/c1-14-18(16-9-7-15(8-10-16)5-4-11-22)19-20-21(14)13-17-6-2-3-12-23-17/h7-10,17,22H,2-3,6,11-13H2,1H3. The Morgan fingerprint density at radius 3 is 2.83 bits per heavy atom. The second-order valence-electron chi connectivity index (χ2n) is 5.73. The van der Waals surface area contributed by atoms with E-state index in [4.69, 9.17) is 9.84 Å². The van der Waals surface area contributed by atoms with Gasteiger partial charge >= 0.3 is 0 Å². The molecule has 1 aliphatic rings. The number of aromatic nitrogens is 3. The van der Waals surface area contributed by atoms with E-state index in [0.29, 0.717) is 0 Å². The Morgan fingerprint density at radius 2 is 2.13 bits per heavy atom. The lowest BCUT2D eigenvalue weighted by molar-refractivity contribution is 0.00337. The van der Waals surface area contributed by atoms with E-state index in [1.807, 2.05) is 35.9 Å². The van der Waals surface area contributed by atoms with E-state index in [0.717, 1.165) is 48.5 Å². The summed E-state index contributed by atoms with van der Waals surface area (Å²) in [6, 6.07) is 7.83. The molecule has 120 valence electrons. The fourth-order valence-corrected chi connectivity index (χ4v) is 2.80. The van der Waals surface area contributed by atoms with Gasteiger partial charge in [-0.2, -0.15) is 0 Å². The van der Waals surface area contributed by atoms with Gasteiger partial charge in [0.05, 0.1) is 18.3 Å². The maximum Gasteiger partial charge on any atom is 0.115 e. The van der Waals surface area contributed by atoms with Crippen molar-refractivity contribution in [3.05, 3.63) is 35.5 Å². The zero-order valence-electron chi connectivity index (χ0n) is 13.3. The third-order valence-corrected chi connectivity index (χ3v) is 4.10. The van der Waals surface area contributed by atoms with Crippen molar-refractivity contribution in [1.82, 2.24) is 15.0 Å². The maximum absolute atomic E-state index is 8.73. The molecule has 1 aromatic carbocycles. The van der Waals surface area contributed by atoms with Gasteiger partial charge in [-0.25, -0.2) is 4.68 Å². The third kappa shape index (κ3) is 3.79. The molecule has 0 bridgehead atoms. The number of rotatable bonds is 3. The molecular formula is C18H21N3O2. The maximum atomic E-state index is 8.73. The SMILES string of the molecule is Cc1c(-c2ccc(C#CCO)cc2)nnn1CC1CCCCO1. The first-order valence-corrected chi connectivity index (χ1v) is 8.00. The number of hydrogen-bond donors (Lipinski definition) is 1. The van der Waals surface area contributed by atoms with Gasteiger partial charge in [-0.05, 0) is 38.3 Å². The van der Waals surface area contributed by atoms with Crippen molar-refractivity contribution >= 4 is 0 Å². The topological polar surface area (TPSA) is 60.2 Å². The molecule has 23 heavy (non-hydrogen) atoms. The second kappa shape index (κ2) is 7.40. The molecule has 1 aliphatic heterocycles. The molecule has 2 aromatic rings. The molecule has 0 saturated carbocycles. The first kappa shape index (κ1) is 15.7. The lowest BCUT2D eigenvalue weighted by atomic mass is 10.1. The van der Waals surface area contributed by atoms with Gasteiger partial charge in [0.2, 0.25) is 0 Å². The molecule has 5 nitrogen and oxygen atoms in total. The summed E-state index contributed by atoms with van der Waals surface area (Å²) >= 11 is 0. The minimum absolute atomic E-state index is 0.127. The predicted octanol–water partition coefficient (Wildman–Crippen LogP) is 2.17. The zero-order valence-corrected chi connectivity index (χ0v) is 13.3. The normalized spacial score (nSPS) is 17.6. The molecule has 0 radical (unpaired) electrons. The lowest BCUT2D eigenvalue weighted by Crippen LogP contribution is -2.25. The average molecular weight is 311 g/mol. The first-order chi connectivity index (χ1) is 11.3. The Labute approximate surface area is 136 Å². The van der Waals surface area contributed by atoms with Crippen LogP contribution in [-0.2, 0) is 11.3 Å². The number of hydrogen-bond acceptors (Lipinski definition) is 4. The second-order valence-corrected chi connectivity index (χ2v) is 5.73. The fourth-order valence-electron chi connectivity index (χ4n) is 2.80. The summed E-state index contributed by atoms with van der Waals surface area (Å²) in [6.07, 6.45) is 3.71. The number of aliphatic hydroxyl groups excluding tert-OH is 1. The summed E-state index contributed by atoms with van der Waals surface area (Å²) in [5.74, 6) is 5.53. The summed E-state index contributed by atoms with van der Waals surface area (Å²) in [5.41, 5.74) is 3.84. The molecule has 1 aromatic heterocycles. The average Bonchev–Trinajstić information content (AvgIpc) is 2.95. The Balaban J connectivity index is 1.75. The summed E-state index contributed by atoms with van der Waals surface area (Å²) in [7, 11) is 0. The van der Waals surface area contributed by atoms with E-state index in [2.05, 4.69) is 22.2 Å². The Bertz CT molecular complexity index is 704. The highest BCUT2D eigenvalue weighted by Crippen LogP contribution is 2.22. The van der Waals surface area contributed by atoms with Crippen LogP contribution in [0, 0.1) is 18.8 Å². The molecule has 0 aliphatic carbocycles. The number of benzene rings is 1. The Hall–Kier alpha value is -2.16. The zero-order chi connectivity index (χ0) is 16.1. The van der Waals surface area contributed by atoms with Gasteiger partial charge in [-0.1, -0.05) is 29.2 Å². The summed E-state index contributed by atoms with van der Waals surface area (Å²) in [6.45, 7) is 3.52. The summed E-state index contributed by atoms with van der Waals surface area (Å²) in [5, 5.41) is 17.3. The summed E-state index contributed by atoms with van der Waals surface area (Å²) < 4.78 is 7.72. The van der Waals surface area contributed by atoms with Crippen molar-refractivity contribution in [3.63, 3.8) is 0 Å². The highest BCUT2D eigenvalue weighted by atomic mass is 16.5. The largest absolute Gasteiger partial charge is 0.384 e. The van der Waals surface area contributed by atoms with Crippen molar-refractivity contribution in [2.75, 3.05) is 13.2 Å². The first-order valence-electron chi connectivity index (χ1n) is 8.00. The molecule has 1 unspecified atom stereocenters. The van der Waals surface area contributed by atoms with Crippen molar-refractivity contribution in [2.45, 2.75) is 38.8 Å². The minimum atomic E-state index is -0.127. The smallest absolute Gasteiger partial charge is 0.115 e. The Morgan fingerprint density at radius 1 is 1.30 bits per heavy atom. The Kier molecular flexibility index (Phi) is 5.06. The molecule has 1 saturated heterocycles. The van der Waals surface area contributed by atoms with Crippen molar-refractivity contribution < 1.29 is 9.84 Å². The number of nitrogens with zero attached hydrogens (tertiary/aromatic N) is 3. The monoisotopic (exact) mass is 311 g/mol. The minimum Gasteiger partial charge on any atom is -0.384 e. The van der Waals surface area contributed by atoms with Crippen LogP contribution in [0.1, 0.15) is 30.5 Å². The van der Waals surface area contributed by atoms with Crippen LogP contribution in [0.3, 0.4) is 0 Å². The van der Waals surface area contributed by atoms with Gasteiger partial charge < -0.3 is 9.84 Å². The van der Waals surface area contributed by atoms with Crippen LogP contribution in [0.15, 0.2) is 24.3 Å². The van der Waals surface area contributed by atoms with Crippen LogP contribution in [-0.4, -0.2) is 39.4 Å². The number of aliphatic hydroxyl groups is 1. The van der Waals surface area contributed by atoms with Crippen LogP contribution in [0.2, 0.25) is 0 Å². The molecule has 3 rings (SSSR count). The van der Waals surface area contributed by atoms with Crippen LogP contribution < -0.4 is 0 Å². The van der Waals surface area contributed by atoms with E-state index >= 15 is 0 Å². The van der Waals surface area contributed by atoms with E-state index < -0.39 is 0 Å². The van der Waals surface area contributed by atoms with E-state index in [1.54, 1.807) is 0 Å². The van der Waals surface area contributed by atoms with Gasteiger partial charge in [0, 0.05) is 17.7 Å². The highest BCUT2D eigenvalue weighted by Gasteiger charge is 2.18. The van der Waals surface area contributed by atoms with Crippen LogP contribution in [0.25, 0.3) is 11.3 Å². The number of ether oxygens (including phenoxy) is 1. The van der Waals surface area contributed by atoms with Gasteiger partial charge in [-0.3, -0.25) is 0 Å². The predicted molar refractivity (Wildman–Crippen MR) is 87.7 cm³/mol. The molecule has 5 heteroatoms. The lowest BCUT2D eigenvalue weighted by Gasteiger charge is -2.22. The molecule has 0 amide bonds. The van der Waals surface area contributed by atoms with E-state index in [9.17, 15) is 0 Å². The van der Waals surface area contributed by atoms with E-state index in [1.165, 1.54) is 6.42 Å². The fraction of sp³-hybridized carbons (Fsp3) is 0.444. The molecule has 2 heterocycles. The molecular weight excluding hydrogens is 290 g/mol. The molecule has 1 fully saturated rings. The van der Waals surface area contributed by atoms with Gasteiger partial charge in [0.15, 0.2) is 0 Å². The van der Waals surface area contributed by atoms with Crippen molar-refractivity contribution in [1.29, 1.82) is 0 Å². The quantitative estimate of drug-likeness (QED) is 0.883. The third-order valence-electron chi connectivity index (χ3n) is 4.10. The van der Waals surface area contributed by atoms with Crippen LogP contribution in [0.5, 0.6) is 0 Å². The molecule has 0 spiro atoms. The van der Waals surface area contributed by atoms with Crippen molar-refractivity contribution in [2.24, 2.45) is 0 Å². The van der Waals surface area contributed by atoms with Crippen LogP contribution in [0.4, 0.5) is 0 Å². The molecule has 1 atom stereocenters. The van der Waals surface area contributed by atoms with Gasteiger partial charge in [-0.15, -0.1) is 5.10 Å².